The molecule has 1 atom stereocenters. The fraction of sp³-hybridized carbons (Fsp3) is 0.300. The van der Waals surface area contributed by atoms with Crippen molar-refractivity contribution in [2.75, 3.05) is 0 Å². The predicted molar refractivity (Wildman–Crippen MR) is 51.7 cm³/mol. The molecule has 0 unspecified atom stereocenters. The van der Waals surface area contributed by atoms with Gasteiger partial charge in [0, 0.05) is 12.2 Å². The van der Waals surface area contributed by atoms with Gasteiger partial charge < -0.3 is 5.73 Å². The topological polar surface area (TPSA) is 38.9 Å². The van der Waals surface area contributed by atoms with Crippen molar-refractivity contribution in [3.63, 3.8) is 0 Å². The van der Waals surface area contributed by atoms with Gasteiger partial charge in [-0.2, -0.15) is 0 Å². The van der Waals surface area contributed by atoms with Crippen molar-refractivity contribution in [1.29, 1.82) is 0 Å². The van der Waals surface area contributed by atoms with Gasteiger partial charge in [-0.25, -0.2) is 0 Å². The zero-order valence-electron chi connectivity index (χ0n) is 7.54. The van der Waals surface area contributed by atoms with Gasteiger partial charge in [-0.1, -0.05) is 12.6 Å². The van der Waals surface area contributed by atoms with Crippen molar-refractivity contribution in [2.45, 2.75) is 19.9 Å². The van der Waals surface area contributed by atoms with Crippen LogP contribution in [0, 0.1) is 6.92 Å². The number of aromatic nitrogens is 1. The third kappa shape index (κ3) is 1.71. The Morgan fingerprint density at radius 1 is 1.67 bits per heavy atom. The molecule has 12 heavy (non-hydrogen) atoms. The Morgan fingerprint density at radius 2 is 2.33 bits per heavy atom. The summed E-state index contributed by atoms with van der Waals surface area (Å²) in [6, 6.07) is 2.07. The molecule has 0 saturated carbocycles. The molecule has 0 aliphatic rings. The van der Waals surface area contributed by atoms with E-state index >= 15 is 0 Å². The van der Waals surface area contributed by atoms with Crippen LogP contribution in [0.5, 0.6) is 0 Å². The molecular formula is C10H14N2. The normalized spacial score (nSPS) is 12.6. The average Bonchev–Trinajstić information content (AvgIpc) is 2.04. The molecular weight excluding hydrogens is 148 g/mol. The van der Waals surface area contributed by atoms with E-state index in [4.69, 9.17) is 5.73 Å². The monoisotopic (exact) mass is 162 g/mol. The summed E-state index contributed by atoms with van der Waals surface area (Å²) in [4.78, 5) is 4.22. The zero-order valence-corrected chi connectivity index (χ0v) is 7.54. The lowest BCUT2D eigenvalue weighted by molar-refractivity contribution is 0.806. The van der Waals surface area contributed by atoms with Crippen LogP contribution in [0.4, 0.5) is 0 Å². The summed E-state index contributed by atoms with van der Waals surface area (Å²) >= 11 is 0. The number of nitrogens with zero attached hydrogens (tertiary/aromatic N) is 1. The molecule has 0 radical (unpaired) electrons. The molecule has 1 heterocycles. The zero-order chi connectivity index (χ0) is 9.14. The maximum Gasteiger partial charge on any atom is 0.0671 e. The van der Waals surface area contributed by atoms with Crippen LogP contribution in [-0.2, 0) is 0 Å². The Labute approximate surface area is 73.1 Å². The minimum absolute atomic E-state index is 0.0189. The van der Waals surface area contributed by atoms with Crippen LogP contribution in [0.1, 0.15) is 29.8 Å². The van der Waals surface area contributed by atoms with Crippen LogP contribution in [0.2, 0.25) is 0 Å². The summed E-state index contributed by atoms with van der Waals surface area (Å²) in [5, 5.41) is 0. The molecule has 0 aliphatic heterocycles. The Hall–Kier alpha value is -1.15. The SMILES string of the molecule is C=Cc1ncc(C)cc1[C@H](C)N. The van der Waals surface area contributed by atoms with E-state index in [0.717, 1.165) is 16.8 Å². The highest BCUT2D eigenvalue weighted by molar-refractivity contribution is 5.48. The van der Waals surface area contributed by atoms with Gasteiger partial charge in [-0.3, -0.25) is 4.98 Å². The molecule has 0 spiro atoms. The number of hydrogen-bond acceptors (Lipinski definition) is 2. The molecule has 0 amide bonds. The lowest BCUT2D eigenvalue weighted by Gasteiger charge is -2.09. The smallest absolute Gasteiger partial charge is 0.0671 e. The molecule has 2 nitrogen and oxygen atoms in total. The molecule has 0 saturated heterocycles. The lowest BCUT2D eigenvalue weighted by Crippen LogP contribution is -2.08. The molecule has 0 bridgehead atoms. The molecule has 2 N–H and O–H groups in total. The highest BCUT2D eigenvalue weighted by Gasteiger charge is 2.04. The summed E-state index contributed by atoms with van der Waals surface area (Å²) < 4.78 is 0. The fourth-order valence-electron chi connectivity index (χ4n) is 1.14. The largest absolute Gasteiger partial charge is 0.324 e. The van der Waals surface area contributed by atoms with Crippen LogP contribution in [0.25, 0.3) is 6.08 Å². The first kappa shape index (κ1) is 8.94. The van der Waals surface area contributed by atoms with E-state index in [9.17, 15) is 0 Å². The maximum absolute atomic E-state index is 5.77. The number of rotatable bonds is 2. The number of pyridine rings is 1. The van der Waals surface area contributed by atoms with Gasteiger partial charge in [-0.15, -0.1) is 0 Å². The Kier molecular flexibility index (Phi) is 2.61. The Balaban J connectivity index is 3.21. The van der Waals surface area contributed by atoms with E-state index in [1.54, 1.807) is 6.08 Å². The Morgan fingerprint density at radius 3 is 2.83 bits per heavy atom. The third-order valence-electron chi connectivity index (χ3n) is 1.77. The van der Waals surface area contributed by atoms with Crippen molar-refractivity contribution in [1.82, 2.24) is 4.98 Å². The minimum Gasteiger partial charge on any atom is -0.324 e. The lowest BCUT2D eigenvalue weighted by atomic mass is 10.1. The van der Waals surface area contributed by atoms with Gasteiger partial charge >= 0.3 is 0 Å². The summed E-state index contributed by atoms with van der Waals surface area (Å²) in [6.45, 7) is 7.64. The highest BCUT2D eigenvalue weighted by atomic mass is 14.7. The van der Waals surface area contributed by atoms with Gasteiger partial charge in [0.2, 0.25) is 0 Å². The van der Waals surface area contributed by atoms with Crippen molar-refractivity contribution < 1.29 is 0 Å². The van der Waals surface area contributed by atoms with Gasteiger partial charge in [0.25, 0.3) is 0 Å². The van der Waals surface area contributed by atoms with E-state index in [-0.39, 0.29) is 6.04 Å². The van der Waals surface area contributed by atoms with E-state index in [1.807, 2.05) is 20.0 Å². The van der Waals surface area contributed by atoms with Crippen LogP contribution in [0.15, 0.2) is 18.8 Å². The predicted octanol–water partition coefficient (Wildman–Crippen LogP) is 2.05. The van der Waals surface area contributed by atoms with Crippen molar-refractivity contribution >= 4 is 6.08 Å². The molecule has 64 valence electrons. The van der Waals surface area contributed by atoms with Crippen LogP contribution < -0.4 is 5.73 Å². The van der Waals surface area contributed by atoms with E-state index in [0.29, 0.717) is 0 Å². The maximum atomic E-state index is 5.77. The van der Waals surface area contributed by atoms with Gasteiger partial charge in [-0.05, 0) is 31.1 Å². The van der Waals surface area contributed by atoms with Crippen molar-refractivity contribution in [3.05, 3.63) is 35.7 Å². The van der Waals surface area contributed by atoms with Gasteiger partial charge in [0.15, 0.2) is 0 Å². The van der Waals surface area contributed by atoms with Crippen LogP contribution in [0.3, 0.4) is 0 Å². The minimum atomic E-state index is 0.0189. The first-order chi connectivity index (χ1) is 5.65. The number of hydrogen-bond donors (Lipinski definition) is 1. The van der Waals surface area contributed by atoms with Gasteiger partial charge in [0.1, 0.15) is 0 Å². The molecule has 1 aromatic heterocycles. The first-order valence-electron chi connectivity index (χ1n) is 3.99. The average molecular weight is 162 g/mol. The van der Waals surface area contributed by atoms with Crippen LogP contribution in [-0.4, -0.2) is 4.98 Å². The Bertz CT molecular complexity index is 290. The summed E-state index contributed by atoms with van der Waals surface area (Å²) in [5.74, 6) is 0. The number of nitrogens with two attached hydrogens (primary N) is 1. The van der Waals surface area contributed by atoms with E-state index in [1.165, 1.54) is 0 Å². The van der Waals surface area contributed by atoms with Crippen LogP contribution >= 0.6 is 0 Å². The molecule has 0 aliphatic carbocycles. The standard InChI is InChI=1S/C10H14N2/c1-4-10-9(8(3)11)5-7(2)6-12-10/h4-6,8H,1,11H2,2-3H3/t8-/m0/s1. The van der Waals surface area contributed by atoms with Gasteiger partial charge in [0.05, 0.1) is 5.69 Å². The second-order valence-electron chi connectivity index (χ2n) is 2.98. The van der Waals surface area contributed by atoms with Crippen molar-refractivity contribution in [3.8, 4) is 0 Å². The second kappa shape index (κ2) is 3.50. The summed E-state index contributed by atoms with van der Waals surface area (Å²) in [7, 11) is 0. The first-order valence-corrected chi connectivity index (χ1v) is 3.99. The molecule has 1 rings (SSSR count). The summed E-state index contributed by atoms with van der Waals surface area (Å²) in [5.41, 5.74) is 8.85. The second-order valence-corrected chi connectivity index (χ2v) is 2.98. The summed E-state index contributed by atoms with van der Waals surface area (Å²) in [6.07, 6.45) is 3.56. The van der Waals surface area contributed by atoms with E-state index in [2.05, 4.69) is 17.6 Å². The molecule has 2 heteroatoms. The molecule has 0 aromatic carbocycles. The third-order valence-corrected chi connectivity index (χ3v) is 1.77. The number of aryl methyl sites for hydroxylation is 1. The molecule has 0 fully saturated rings. The van der Waals surface area contributed by atoms with Crippen molar-refractivity contribution in [2.24, 2.45) is 5.73 Å². The van der Waals surface area contributed by atoms with E-state index < -0.39 is 0 Å². The quantitative estimate of drug-likeness (QED) is 0.722. The molecule has 1 aromatic rings. The highest BCUT2D eigenvalue weighted by Crippen LogP contribution is 2.15. The fourth-order valence-corrected chi connectivity index (χ4v) is 1.14.